The van der Waals surface area contributed by atoms with Gasteiger partial charge in [0.05, 0.1) is 6.07 Å². The molecule has 0 aliphatic carbocycles. The van der Waals surface area contributed by atoms with Crippen LogP contribution in [0.1, 0.15) is 26.2 Å². The summed E-state index contributed by atoms with van der Waals surface area (Å²) in [6, 6.07) is 10.6. The highest BCUT2D eigenvalue weighted by Crippen LogP contribution is 2.22. The lowest BCUT2D eigenvalue weighted by atomic mass is 10.2. The molecule has 2 rings (SSSR count). The molecule has 1 N–H and O–H groups in total. The number of hydrogen-bond acceptors (Lipinski definition) is 3. The maximum absolute atomic E-state index is 8.89. The minimum Gasteiger partial charge on any atom is -0.372 e. The zero-order valence-electron chi connectivity index (χ0n) is 10.3. The highest BCUT2D eigenvalue weighted by molar-refractivity contribution is 5.56. The van der Waals surface area contributed by atoms with E-state index in [0.29, 0.717) is 0 Å². The standard InChI is InChI=1S/C14H19N3/c1-2-12(11-15)16-13-5-7-14(8-6-13)17-9-3-4-10-17/h5-8,12,16H,2-4,9-10H2,1H3. The van der Waals surface area contributed by atoms with Crippen LogP contribution < -0.4 is 10.2 Å². The van der Waals surface area contributed by atoms with Crippen molar-refractivity contribution in [1.29, 1.82) is 5.26 Å². The molecule has 0 aromatic heterocycles. The van der Waals surface area contributed by atoms with Crippen LogP contribution >= 0.6 is 0 Å². The minimum atomic E-state index is -0.0902. The molecule has 90 valence electrons. The number of rotatable bonds is 4. The maximum atomic E-state index is 8.89. The van der Waals surface area contributed by atoms with Gasteiger partial charge in [0.1, 0.15) is 6.04 Å². The van der Waals surface area contributed by atoms with Crippen LogP contribution in [0.4, 0.5) is 11.4 Å². The summed E-state index contributed by atoms with van der Waals surface area (Å²) in [6.07, 6.45) is 3.42. The van der Waals surface area contributed by atoms with E-state index in [0.717, 1.165) is 12.1 Å². The fourth-order valence-electron chi connectivity index (χ4n) is 2.17. The van der Waals surface area contributed by atoms with E-state index >= 15 is 0 Å². The van der Waals surface area contributed by atoms with E-state index in [9.17, 15) is 0 Å². The Morgan fingerprint density at radius 3 is 2.47 bits per heavy atom. The van der Waals surface area contributed by atoms with Crippen molar-refractivity contribution in [3.63, 3.8) is 0 Å². The van der Waals surface area contributed by atoms with E-state index in [1.165, 1.54) is 31.6 Å². The van der Waals surface area contributed by atoms with Crippen molar-refractivity contribution in [3.05, 3.63) is 24.3 Å². The number of benzene rings is 1. The second kappa shape index (κ2) is 5.58. The van der Waals surface area contributed by atoms with E-state index < -0.39 is 0 Å². The minimum absolute atomic E-state index is 0.0902. The van der Waals surface area contributed by atoms with Crippen LogP contribution in [0.15, 0.2) is 24.3 Å². The molecule has 0 bridgehead atoms. The molecule has 1 aliphatic heterocycles. The SMILES string of the molecule is CCC(C#N)Nc1ccc(N2CCCC2)cc1. The average molecular weight is 229 g/mol. The molecular formula is C14H19N3. The Balaban J connectivity index is 2.00. The van der Waals surface area contributed by atoms with Crippen molar-refractivity contribution in [2.45, 2.75) is 32.2 Å². The molecule has 0 amide bonds. The summed E-state index contributed by atoms with van der Waals surface area (Å²) in [4.78, 5) is 2.41. The molecule has 1 fully saturated rings. The molecule has 0 radical (unpaired) electrons. The lowest BCUT2D eigenvalue weighted by Crippen LogP contribution is -2.18. The zero-order chi connectivity index (χ0) is 12.1. The molecule has 1 aliphatic rings. The Labute approximate surface area is 103 Å². The van der Waals surface area contributed by atoms with Crippen LogP contribution in [0.2, 0.25) is 0 Å². The van der Waals surface area contributed by atoms with Crippen molar-refractivity contribution in [2.24, 2.45) is 0 Å². The van der Waals surface area contributed by atoms with E-state index in [2.05, 4.69) is 40.6 Å². The monoisotopic (exact) mass is 229 g/mol. The van der Waals surface area contributed by atoms with E-state index in [-0.39, 0.29) is 6.04 Å². The van der Waals surface area contributed by atoms with Crippen molar-refractivity contribution < 1.29 is 0 Å². The highest BCUT2D eigenvalue weighted by atomic mass is 15.1. The molecule has 1 saturated heterocycles. The van der Waals surface area contributed by atoms with Crippen molar-refractivity contribution in [1.82, 2.24) is 0 Å². The van der Waals surface area contributed by atoms with Gasteiger partial charge < -0.3 is 10.2 Å². The fourth-order valence-corrected chi connectivity index (χ4v) is 2.17. The lowest BCUT2D eigenvalue weighted by Gasteiger charge is -2.18. The third-order valence-corrected chi connectivity index (χ3v) is 3.24. The molecule has 3 nitrogen and oxygen atoms in total. The summed E-state index contributed by atoms with van der Waals surface area (Å²) < 4.78 is 0. The molecule has 1 unspecified atom stereocenters. The molecule has 0 saturated carbocycles. The van der Waals surface area contributed by atoms with Gasteiger partial charge in [-0.1, -0.05) is 6.92 Å². The third kappa shape index (κ3) is 2.91. The first-order valence-electron chi connectivity index (χ1n) is 6.34. The summed E-state index contributed by atoms with van der Waals surface area (Å²) in [6.45, 7) is 4.35. The first-order chi connectivity index (χ1) is 8.33. The first kappa shape index (κ1) is 11.8. The second-order valence-electron chi connectivity index (χ2n) is 4.48. The summed E-state index contributed by atoms with van der Waals surface area (Å²) in [5.74, 6) is 0. The Morgan fingerprint density at radius 2 is 1.94 bits per heavy atom. The summed E-state index contributed by atoms with van der Waals surface area (Å²) in [5.41, 5.74) is 2.32. The number of nitrogens with zero attached hydrogens (tertiary/aromatic N) is 2. The number of nitrogens with one attached hydrogen (secondary N) is 1. The molecule has 1 aromatic carbocycles. The van der Waals surface area contributed by atoms with Crippen LogP contribution in [-0.4, -0.2) is 19.1 Å². The zero-order valence-corrected chi connectivity index (χ0v) is 10.3. The third-order valence-electron chi connectivity index (χ3n) is 3.24. The van der Waals surface area contributed by atoms with Crippen LogP contribution in [0.5, 0.6) is 0 Å². The smallest absolute Gasteiger partial charge is 0.114 e. The fraction of sp³-hybridized carbons (Fsp3) is 0.500. The number of hydrogen-bond donors (Lipinski definition) is 1. The quantitative estimate of drug-likeness (QED) is 0.862. The maximum Gasteiger partial charge on any atom is 0.114 e. The van der Waals surface area contributed by atoms with Crippen molar-refractivity contribution in [2.75, 3.05) is 23.3 Å². The molecule has 1 atom stereocenters. The predicted molar refractivity (Wildman–Crippen MR) is 71.2 cm³/mol. The first-order valence-corrected chi connectivity index (χ1v) is 6.34. The van der Waals surface area contributed by atoms with Crippen molar-refractivity contribution in [3.8, 4) is 6.07 Å². The summed E-state index contributed by atoms with van der Waals surface area (Å²) in [7, 11) is 0. The van der Waals surface area contributed by atoms with Gasteiger partial charge in [0, 0.05) is 24.5 Å². The van der Waals surface area contributed by atoms with Gasteiger partial charge in [-0.3, -0.25) is 0 Å². The van der Waals surface area contributed by atoms with Gasteiger partial charge in [0.2, 0.25) is 0 Å². The van der Waals surface area contributed by atoms with Crippen LogP contribution in [0, 0.1) is 11.3 Å². The summed E-state index contributed by atoms with van der Waals surface area (Å²) in [5, 5.41) is 12.1. The van der Waals surface area contributed by atoms with Gasteiger partial charge in [0.25, 0.3) is 0 Å². The average Bonchev–Trinajstić information content (AvgIpc) is 2.90. The Morgan fingerprint density at radius 1 is 1.29 bits per heavy atom. The van der Waals surface area contributed by atoms with Crippen molar-refractivity contribution >= 4 is 11.4 Å². The molecule has 3 heteroatoms. The van der Waals surface area contributed by atoms with E-state index in [1.54, 1.807) is 0 Å². The van der Waals surface area contributed by atoms with E-state index in [4.69, 9.17) is 5.26 Å². The molecule has 0 spiro atoms. The van der Waals surface area contributed by atoms with Gasteiger partial charge >= 0.3 is 0 Å². The van der Waals surface area contributed by atoms with Gasteiger partial charge in [-0.25, -0.2) is 0 Å². The normalized spacial score (nSPS) is 16.6. The van der Waals surface area contributed by atoms with Gasteiger partial charge in [0.15, 0.2) is 0 Å². The summed E-state index contributed by atoms with van der Waals surface area (Å²) >= 11 is 0. The van der Waals surface area contributed by atoms with Crippen LogP contribution in [0.25, 0.3) is 0 Å². The largest absolute Gasteiger partial charge is 0.372 e. The molecular weight excluding hydrogens is 210 g/mol. The topological polar surface area (TPSA) is 39.1 Å². The molecule has 1 aromatic rings. The van der Waals surface area contributed by atoms with Crippen LogP contribution in [0.3, 0.4) is 0 Å². The van der Waals surface area contributed by atoms with Gasteiger partial charge in [-0.2, -0.15) is 5.26 Å². The Kier molecular flexibility index (Phi) is 3.87. The Bertz CT molecular complexity index is 385. The van der Waals surface area contributed by atoms with Crippen LogP contribution in [-0.2, 0) is 0 Å². The van der Waals surface area contributed by atoms with Gasteiger partial charge in [-0.05, 0) is 43.5 Å². The predicted octanol–water partition coefficient (Wildman–Crippen LogP) is 3.00. The highest BCUT2D eigenvalue weighted by Gasteiger charge is 2.12. The Hall–Kier alpha value is -1.69. The lowest BCUT2D eigenvalue weighted by molar-refractivity contribution is 0.845. The molecule has 1 heterocycles. The number of nitriles is 1. The van der Waals surface area contributed by atoms with E-state index in [1.807, 2.05) is 6.92 Å². The number of anilines is 2. The van der Waals surface area contributed by atoms with Gasteiger partial charge in [-0.15, -0.1) is 0 Å². The second-order valence-corrected chi connectivity index (χ2v) is 4.48. The molecule has 17 heavy (non-hydrogen) atoms.